The number of thiophene rings is 1. The zero-order valence-electron chi connectivity index (χ0n) is 30.4. The molecule has 0 saturated heterocycles. The number of unbranched alkanes of at least 4 members (excludes halogenated alkanes) is 2. The molecule has 10 heteroatoms. The number of likely N-dealkylation sites (N-methyl/N-ethyl adjacent to an activating group) is 1. The average Bonchev–Trinajstić information content (AvgIpc) is 3.82. The van der Waals surface area contributed by atoms with Crippen LogP contribution < -0.4 is 19.6 Å². The Balaban J connectivity index is 1.57. The molecule has 0 aliphatic heterocycles. The minimum absolute atomic E-state index is 0.239. The highest BCUT2D eigenvalue weighted by Crippen LogP contribution is 2.30. The maximum atomic E-state index is 14.0. The zero-order valence-corrected chi connectivity index (χ0v) is 31.2. The van der Waals surface area contributed by atoms with E-state index in [-0.39, 0.29) is 5.91 Å². The molecule has 48 heavy (non-hydrogen) atoms. The van der Waals surface area contributed by atoms with Crippen molar-refractivity contribution in [3.8, 4) is 22.9 Å². The normalized spacial score (nSPS) is 13.2. The lowest BCUT2D eigenvalue weighted by Crippen LogP contribution is -2.44. The Hall–Kier alpha value is -3.66. The van der Waals surface area contributed by atoms with Crippen LogP contribution in [-0.2, 0) is 4.79 Å². The second kappa shape index (κ2) is 18.2. The Labute approximate surface area is 291 Å². The van der Waals surface area contributed by atoms with E-state index >= 15 is 0 Å². The highest BCUT2D eigenvalue weighted by molar-refractivity contribution is 7.16. The van der Waals surface area contributed by atoms with E-state index in [1.807, 2.05) is 25.1 Å². The molecule has 1 amide bonds. The lowest BCUT2D eigenvalue weighted by molar-refractivity contribution is -0.131. The Bertz CT molecular complexity index is 1610. The number of hydrogen-bond donors (Lipinski definition) is 0. The Morgan fingerprint density at radius 3 is 2.08 bits per heavy atom. The van der Waals surface area contributed by atoms with E-state index in [4.69, 9.17) is 14.6 Å². The van der Waals surface area contributed by atoms with Gasteiger partial charge in [0.1, 0.15) is 11.5 Å². The summed E-state index contributed by atoms with van der Waals surface area (Å²) in [4.78, 5) is 19.5. The highest BCUT2D eigenvalue weighted by Gasteiger charge is 2.24. The summed E-state index contributed by atoms with van der Waals surface area (Å²) in [7, 11) is 3.26. The number of carbonyl (C=O) groups excluding carboxylic acids is 1. The number of benzene rings is 1. The van der Waals surface area contributed by atoms with Crippen LogP contribution in [0.15, 0.2) is 30.3 Å². The van der Waals surface area contributed by atoms with Gasteiger partial charge in [0.05, 0.1) is 31.5 Å². The third-order valence-corrected chi connectivity index (χ3v) is 10.5. The fraction of sp³-hybridized carbons (Fsp3) is 0.579. The lowest BCUT2D eigenvalue weighted by atomic mass is 9.95. The first-order valence-electron chi connectivity index (χ1n) is 17.9. The number of rotatable bonds is 20. The van der Waals surface area contributed by atoms with E-state index in [0.717, 1.165) is 58.8 Å². The SMILES string of the molecule is CCCCC(CC)CN(CC(CC)CCCC)C(=O)CN(CC)c1ccc(/C=c2/c(C)nn3c(-c4cc(OC)cc(OC)c4)nnc23)s1. The zero-order chi connectivity index (χ0) is 34.6. The number of methoxy groups -OCH3 is 2. The molecular weight excluding hydrogens is 621 g/mol. The van der Waals surface area contributed by atoms with E-state index in [0.29, 0.717) is 41.4 Å². The number of aryl methyl sites for hydroxylation is 1. The number of fused-ring (bicyclic) bond motifs is 1. The molecule has 9 nitrogen and oxygen atoms in total. The standard InChI is InChI=1S/C38H56N6O3S/c1-9-14-16-28(11-3)24-43(25-29(12-4)17-15-10-2)35(45)26-42(13-5)36-19-18-33(48-36)23-34-27(6)41-44-37(39-40-38(34)44)30-20-31(46-7)22-32(21-30)47-8/h18-23,28-29H,9-17,24-26H2,1-8H3/b34-23-. The van der Waals surface area contributed by atoms with Crippen molar-refractivity contribution in [3.63, 3.8) is 0 Å². The van der Waals surface area contributed by atoms with Gasteiger partial charge in [-0.05, 0) is 68.9 Å². The van der Waals surface area contributed by atoms with Crippen molar-refractivity contribution in [2.75, 3.05) is 45.3 Å². The molecule has 0 aliphatic rings. The summed E-state index contributed by atoms with van der Waals surface area (Å²) < 4.78 is 12.7. The number of ether oxygens (including phenoxy) is 2. The summed E-state index contributed by atoms with van der Waals surface area (Å²) in [6, 6.07) is 9.88. The summed E-state index contributed by atoms with van der Waals surface area (Å²) >= 11 is 1.69. The van der Waals surface area contributed by atoms with E-state index in [2.05, 4.69) is 72.8 Å². The second-order valence-corrected chi connectivity index (χ2v) is 13.9. The first-order valence-corrected chi connectivity index (χ1v) is 18.7. The predicted octanol–water partition coefficient (Wildman–Crippen LogP) is 7.81. The van der Waals surface area contributed by atoms with Crippen LogP contribution in [0.2, 0.25) is 0 Å². The van der Waals surface area contributed by atoms with Crippen LogP contribution in [0.3, 0.4) is 0 Å². The van der Waals surface area contributed by atoms with E-state index in [1.54, 1.807) is 30.1 Å². The first kappa shape index (κ1) is 37.2. The molecule has 2 unspecified atom stereocenters. The lowest BCUT2D eigenvalue weighted by Gasteiger charge is -2.33. The molecule has 4 rings (SSSR count). The smallest absolute Gasteiger partial charge is 0.242 e. The summed E-state index contributed by atoms with van der Waals surface area (Å²) in [5, 5.41) is 15.8. The second-order valence-electron chi connectivity index (χ2n) is 12.8. The molecular formula is C38H56N6O3S. The number of nitrogens with zero attached hydrogens (tertiary/aromatic N) is 6. The maximum absolute atomic E-state index is 14.0. The van der Waals surface area contributed by atoms with E-state index < -0.39 is 0 Å². The number of carbonyl (C=O) groups is 1. The summed E-state index contributed by atoms with van der Waals surface area (Å²) in [5.41, 5.74) is 2.37. The molecule has 0 radical (unpaired) electrons. The van der Waals surface area contributed by atoms with Crippen LogP contribution in [0.5, 0.6) is 11.5 Å². The van der Waals surface area contributed by atoms with Gasteiger partial charge in [0, 0.05) is 41.4 Å². The third kappa shape index (κ3) is 9.27. The molecule has 2 atom stereocenters. The largest absolute Gasteiger partial charge is 0.497 e. The van der Waals surface area contributed by atoms with Gasteiger partial charge >= 0.3 is 0 Å². The fourth-order valence-electron chi connectivity index (χ4n) is 6.27. The number of amides is 1. The number of anilines is 1. The van der Waals surface area contributed by atoms with Gasteiger partial charge in [-0.3, -0.25) is 4.79 Å². The summed E-state index contributed by atoms with van der Waals surface area (Å²) in [6.07, 6.45) is 11.6. The summed E-state index contributed by atoms with van der Waals surface area (Å²) in [5.74, 6) is 3.32. The minimum Gasteiger partial charge on any atom is -0.497 e. The van der Waals surface area contributed by atoms with Gasteiger partial charge in [-0.2, -0.15) is 9.61 Å². The van der Waals surface area contributed by atoms with Gasteiger partial charge in [0.2, 0.25) is 5.91 Å². The monoisotopic (exact) mass is 676 g/mol. The molecule has 0 aliphatic carbocycles. The van der Waals surface area contributed by atoms with Crippen molar-refractivity contribution in [1.82, 2.24) is 24.7 Å². The van der Waals surface area contributed by atoms with Crippen LogP contribution in [0.1, 0.15) is 96.6 Å². The Kier molecular flexibility index (Phi) is 14.1. The van der Waals surface area contributed by atoms with E-state index in [9.17, 15) is 4.79 Å². The maximum Gasteiger partial charge on any atom is 0.242 e. The van der Waals surface area contributed by atoms with E-state index in [1.165, 1.54) is 38.5 Å². The fourth-order valence-corrected chi connectivity index (χ4v) is 7.28. The quantitative estimate of drug-likeness (QED) is 0.0944. The topological polar surface area (TPSA) is 85.1 Å². The van der Waals surface area contributed by atoms with Crippen LogP contribution in [0, 0.1) is 18.8 Å². The van der Waals surface area contributed by atoms with Crippen molar-refractivity contribution in [2.24, 2.45) is 11.8 Å². The van der Waals surface area contributed by atoms with Crippen LogP contribution in [-0.4, -0.2) is 71.0 Å². The van der Waals surface area contributed by atoms with Crippen molar-refractivity contribution in [1.29, 1.82) is 0 Å². The Morgan fingerprint density at radius 1 is 0.917 bits per heavy atom. The van der Waals surface area contributed by atoms with Gasteiger partial charge in [-0.15, -0.1) is 21.5 Å². The molecule has 0 fully saturated rings. The predicted molar refractivity (Wildman–Crippen MR) is 198 cm³/mol. The molecule has 0 N–H and O–H groups in total. The number of hydrogen-bond acceptors (Lipinski definition) is 8. The highest BCUT2D eigenvalue weighted by atomic mass is 32.1. The average molecular weight is 677 g/mol. The molecule has 0 bridgehead atoms. The van der Waals surface area contributed by atoms with Gasteiger partial charge in [-0.25, -0.2) is 0 Å². The molecule has 0 spiro atoms. The third-order valence-electron chi connectivity index (χ3n) is 9.45. The number of aromatic nitrogens is 4. The molecule has 3 heterocycles. The molecule has 1 aromatic carbocycles. The minimum atomic E-state index is 0.239. The van der Waals surface area contributed by atoms with Crippen LogP contribution in [0.25, 0.3) is 23.1 Å². The van der Waals surface area contributed by atoms with Crippen LogP contribution in [0.4, 0.5) is 5.00 Å². The summed E-state index contributed by atoms with van der Waals surface area (Å²) in [6.45, 7) is 16.0. The van der Waals surface area contributed by atoms with Gasteiger partial charge in [0.15, 0.2) is 11.5 Å². The van der Waals surface area contributed by atoms with Crippen molar-refractivity contribution in [3.05, 3.63) is 46.1 Å². The molecule has 262 valence electrons. The van der Waals surface area contributed by atoms with Crippen LogP contribution >= 0.6 is 11.3 Å². The van der Waals surface area contributed by atoms with Crippen molar-refractivity contribution >= 4 is 34.0 Å². The molecule has 0 saturated carbocycles. The van der Waals surface area contributed by atoms with Crippen molar-refractivity contribution < 1.29 is 14.3 Å². The molecule has 3 aromatic heterocycles. The van der Waals surface area contributed by atoms with Gasteiger partial charge in [0.25, 0.3) is 0 Å². The first-order chi connectivity index (χ1) is 23.3. The van der Waals surface area contributed by atoms with Crippen molar-refractivity contribution in [2.45, 2.75) is 92.9 Å². The molecule has 4 aromatic rings. The van der Waals surface area contributed by atoms with Gasteiger partial charge in [-0.1, -0.05) is 66.2 Å². The van der Waals surface area contributed by atoms with Gasteiger partial charge < -0.3 is 19.3 Å². The Morgan fingerprint density at radius 2 is 1.54 bits per heavy atom.